The minimum atomic E-state index is -0.0404. The van der Waals surface area contributed by atoms with Gasteiger partial charge < -0.3 is 13.8 Å². The van der Waals surface area contributed by atoms with Crippen LogP contribution < -0.4 is 15.7 Å². The van der Waals surface area contributed by atoms with Crippen molar-refractivity contribution in [2.75, 3.05) is 4.81 Å². The molecule has 13 rings (SSSR count). The Morgan fingerprint density at radius 1 is 0.453 bits per heavy atom. The van der Waals surface area contributed by atoms with Crippen LogP contribution in [0.4, 0.5) is 11.4 Å². The maximum atomic E-state index is 2.71. The zero-order valence-corrected chi connectivity index (χ0v) is 29.0. The van der Waals surface area contributed by atoms with Crippen molar-refractivity contribution < 1.29 is 0 Å². The van der Waals surface area contributed by atoms with E-state index in [9.17, 15) is 0 Å². The highest BCUT2D eigenvalue weighted by Crippen LogP contribution is 2.52. The van der Waals surface area contributed by atoms with Crippen molar-refractivity contribution in [1.29, 1.82) is 0 Å². The molecule has 0 aliphatic carbocycles. The summed E-state index contributed by atoms with van der Waals surface area (Å²) in [6.45, 7) is 2.23. The lowest BCUT2D eigenvalue weighted by atomic mass is 9.43. The largest absolute Gasteiger partial charge is 0.376 e. The van der Waals surface area contributed by atoms with Gasteiger partial charge in [0.2, 0.25) is 0 Å². The minimum absolute atomic E-state index is 0.0404. The average molecular weight is 672 g/mol. The Bertz CT molecular complexity index is 3370. The Labute approximate surface area is 306 Å². The van der Waals surface area contributed by atoms with Crippen LogP contribution in [-0.4, -0.2) is 15.8 Å². The van der Waals surface area contributed by atoms with Crippen LogP contribution >= 0.6 is 0 Å². The molecule has 0 radical (unpaired) electrons. The van der Waals surface area contributed by atoms with E-state index in [4.69, 9.17) is 0 Å². The molecule has 244 valence electrons. The molecule has 3 nitrogen and oxygen atoms in total. The number of benzene rings is 8. The van der Waals surface area contributed by atoms with Crippen molar-refractivity contribution in [2.24, 2.45) is 0 Å². The van der Waals surface area contributed by atoms with Crippen LogP contribution in [-0.2, 0) is 0 Å². The number of anilines is 2. The molecular weight excluding hydrogens is 641 g/mol. The third kappa shape index (κ3) is 3.33. The van der Waals surface area contributed by atoms with Crippen molar-refractivity contribution >= 4 is 89.0 Å². The number of aromatic nitrogens is 2. The number of hydrogen-bond acceptors (Lipinski definition) is 1. The number of para-hydroxylation sites is 5. The zero-order valence-electron chi connectivity index (χ0n) is 29.0. The molecule has 2 aliphatic rings. The summed E-state index contributed by atoms with van der Waals surface area (Å²) in [6, 6.07) is 61.3. The van der Waals surface area contributed by atoms with Crippen LogP contribution in [0.2, 0.25) is 0 Å². The maximum Gasteiger partial charge on any atom is 0.333 e. The minimum Gasteiger partial charge on any atom is -0.376 e. The van der Waals surface area contributed by atoms with E-state index in [0.717, 1.165) is 0 Å². The van der Waals surface area contributed by atoms with Gasteiger partial charge in [-0.15, -0.1) is 0 Å². The van der Waals surface area contributed by atoms with Crippen molar-refractivity contribution in [3.05, 3.63) is 169 Å². The second-order valence-electron chi connectivity index (χ2n) is 14.9. The van der Waals surface area contributed by atoms with Crippen molar-refractivity contribution in [1.82, 2.24) is 8.97 Å². The Kier molecular flexibility index (Phi) is 5.13. The number of fused-ring (bicyclic) bond motifs is 14. The second-order valence-corrected chi connectivity index (χ2v) is 14.9. The van der Waals surface area contributed by atoms with E-state index in [2.05, 4.69) is 184 Å². The second kappa shape index (κ2) is 9.75. The summed E-state index contributed by atoms with van der Waals surface area (Å²) in [5, 5.41) is 7.82. The lowest BCUT2D eigenvalue weighted by Crippen LogP contribution is -2.60. The highest BCUT2D eigenvalue weighted by molar-refractivity contribution is 6.94. The fraction of sp³-hybridized carbons (Fsp3) is 0.0204. The number of aryl methyl sites for hydroxylation is 1. The molecule has 8 aromatic carbocycles. The molecule has 0 atom stereocenters. The SMILES string of the molecule is Cc1ccccc1N1B2c3c(cc(-c4ccccc4)cc3-n3c4ccccc4c4cccc2c43)-c2ccc3c(c21)c1cccc2c4ccccc4n3c21. The van der Waals surface area contributed by atoms with E-state index in [1.54, 1.807) is 0 Å². The summed E-state index contributed by atoms with van der Waals surface area (Å²) < 4.78 is 5.08. The third-order valence-electron chi connectivity index (χ3n) is 12.3. The summed E-state index contributed by atoms with van der Waals surface area (Å²) in [7, 11) is 0. The molecule has 3 aromatic heterocycles. The first-order valence-electron chi connectivity index (χ1n) is 18.6. The van der Waals surface area contributed by atoms with Gasteiger partial charge in [0.05, 0.1) is 27.6 Å². The van der Waals surface area contributed by atoms with Gasteiger partial charge in [-0.3, -0.25) is 0 Å². The summed E-state index contributed by atoms with van der Waals surface area (Å²) in [5.41, 5.74) is 19.2. The Morgan fingerprint density at radius 2 is 1.13 bits per heavy atom. The third-order valence-corrected chi connectivity index (χ3v) is 12.3. The van der Waals surface area contributed by atoms with Gasteiger partial charge in [-0.2, -0.15) is 0 Å². The standard InChI is InChI=1S/C49H30BN3/c1-29-13-5-8-22-40(29)53-49-36(25-26-43-45(49)37-20-11-18-34-32-16-6-9-23-41(32)51(43)47(34)37)38-27-31(30-14-3-2-4-15-30)28-44-46(38)50(53)39-21-12-19-35-33-17-7-10-24-42(33)52(44)48(35)39/h2-28H,1H3. The van der Waals surface area contributed by atoms with Crippen LogP contribution in [0.15, 0.2) is 164 Å². The molecule has 0 unspecified atom stereocenters. The number of nitrogens with zero attached hydrogens (tertiary/aromatic N) is 3. The van der Waals surface area contributed by atoms with Gasteiger partial charge >= 0.3 is 6.85 Å². The lowest BCUT2D eigenvalue weighted by molar-refractivity contribution is 1.18. The van der Waals surface area contributed by atoms with E-state index in [-0.39, 0.29) is 6.85 Å². The topological polar surface area (TPSA) is 12.6 Å². The Morgan fingerprint density at radius 3 is 1.98 bits per heavy atom. The predicted molar refractivity (Wildman–Crippen MR) is 225 cm³/mol. The average Bonchev–Trinajstić information content (AvgIpc) is 3.86. The molecule has 5 heterocycles. The molecule has 0 fully saturated rings. The normalized spacial score (nSPS) is 13.3. The molecular formula is C49H30BN3. The van der Waals surface area contributed by atoms with Crippen molar-refractivity contribution in [3.8, 4) is 27.9 Å². The number of hydrogen-bond donors (Lipinski definition) is 0. The molecule has 0 amide bonds. The first kappa shape index (κ1) is 27.9. The first-order chi connectivity index (χ1) is 26.3. The Hall–Kier alpha value is -6.78. The van der Waals surface area contributed by atoms with Gasteiger partial charge in [-0.1, -0.05) is 127 Å². The fourth-order valence-electron chi connectivity index (χ4n) is 10.3. The molecule has 0 bridgehead atoms. The highest BCUT2D eigenvalue weighted by atomic mass is 15.1. The fourth-order valence-corrected chi connectivity index (χ4v) is 10.3. The monoisotopic (exact) mass is 671 g/mol. The lowest BCUT2D eigenvalue weighted by Gasteiger charge is -2.43. The van der Waals surface area contributed by atoms with E-state index in [1.165, 1.54) is 116 Å². The van der Waals surface area contributed by atoms with E-state index < -0.39 is 0 Å². The number of rotatable bonds is 2. The summed E-state index contributed by atoms with van der Waals surface area (Å²) in [5.74, 6) is 0. The van der Waals surface area contributed by atoms with E-state index in [0.29, 0.717) is 0 Å². The zero-order chi connectivity index (χ0) is 34.5. The van der Waals surface area contributed by atoms with Crippen LogP contribution in [0, 0.1) is 6.92 Å². The molecule has 0 saturated carbocycles. The molecule has 4 heteroatoms. The molecule has 2 aliphatic heterocycles. The molecule has 0 saturated heterocycles. The van der Waals surface area contributed by atoms with Gasteiger partial charge in [0.15, 0.2) is 0 Å². The van der Waals surface area contributed by atoms with Crippen LogP contribution in [0.1, 0.15) is 5.56 Å². The van der Waals surface area contributed by atoms with Gasteiger partial charge in [-0.25, -0.2) is 0 Å². The van der Waals surface area contributed by atoms with Crippen LogP contribution in [0.25, 0.3) is 87.8 Å². The quantitative estimate of drug-likeness (QED) is 0.167. The smallest absolute Gasteiger partial charge is 0.333 e. The highest BCUT2D eigenvalue weighted by Gasteiger charge is 2.45. The van der Waals surface area contributed by atoms with E-state index in [1.807, 2.05) is 0 Å². The predicted octanol–water partition coefficient (Wildman–Crippen LogP) is 11.1. The molecule has 0 spiro atoms. The maximum absolute atomic E-state index is 2.71. The Balaban J connectivity index is 1.28. The summed E-state index contributed by atoms with van der Waals surface area (Å²) >= 11 is 0. The summed E-state index contributed by atoms with van der Waals surface area (Å²) in [6.07, 6.45) is 0. The molecule has 0 N–H and O–H groups in total. The van der Waals surface area contributed by atoms with Crippen LogP contribution in [0.3, 0.4) is 0 Å². The van der Waals surface area contributed by atoms with Gasteiger partial charge in [0.25, 0.3) is 0 Å². The molecule has 11 aromatic rings. The van der Waals surface area contributed by atoms with Gasteiger partial charge in [-0.05, 0) is 76.5 Å². The van der Waals surface area contributed by atoms with Crippen molar-refractivity contribution in [3.63, 3.8) is 0 Å². The van der Waals surface area contributed by atoms with Gasteiger partial charge in [0, 0.05) is 54.9 Å². The van der Waals surface area contributed by atoms with Crippen LogP contribution in [0.5, 0.6) is 0 Å². The summed E-state index contributed by atoms with van der Waals surface area (Å²) in [4.78, 5) is 2.71. The molecule has 53 heavy (non-hydrogen) atoms. The van der Waals surface area contributed by atoms with Crippen molar-refractivity contribution in [2.45, 2.75) is 6.92 Å². The van der Waals surface area contributed by atoms with E-state index >= 15 is 0 Å². The first-order valence-corrected chi connectivity index (χ1v) is 18.6. The van der Waals surface area contributed by atoms with Gasteiger partial charge in [0.1, 0.15) is 0 Å².